The number of anilines is 1. The fourth-order valence-electron chi connectivity index (χ4n) is 1.05. The number of hydrogen-bond acceptors (Lipinski definition) is 4. The highest BCUT2D eigenvalue weighted by molar-refractivity contribution is 7.80. The fraction of sp³-hybridized carbons (Fsp3) is 0.444. The molecular formula is C9H14N4O2S. The Kier molecular flexibility index (Phi) is 4.87. The minimum atomic E-state index is -0.268. The third-order valence-electron chi connectivity index (χ3n) is 1.75. The Bertz CT molecular complexity index is 377. The van der Waals surface area contributed by atoms with Crippen molar-refractivity contribution < 1.29 is 9.53 Å². The maximum Gasteiger partial charge on any atom is 0.251 e. The number of aromatic amines is 1. The van der Waals surface area contributed by atoms with Gasteiger partial charge in [0.2, 0.25) is 0 Å². The van der Waals surface area contributed by atoms with Crippen LogP contribution in [0.25, 0.3) is 0 Å². The molecular weight excluding hydrogens is 228 g/mol. The Morgan fingerprint density at radius 2 is 2.50 bits per heavy atom. The first-order valence-corrected chi connectivity index (χ1v) is 5.26. The van der Waals surface area contributed by atoms with E-state index in [0.29, 0.717) is 18.0 Å². The topological polar surface area (TPSA) is 93.0 Å². The van der Waals surface area contributed by atoms with E-state index in [2.05, 4.69) is 15.5 Å². The first-order chi connectivity index (χ1) is 7.65. The summed E-state index contributed by atoms with van der Waals surface area (Å²) in [5.41, 5.74) is 5.96. The largest absolute Gasteiger partial charge is 0.389 e. The highest BCUT2D eigenvalue weighted by atomic mass is 32.1. The van der Waals surface area contributed by atoms with Gasteiger partial charge in [-0.2, -0.15) is 5.10 Å². The van der Waals surface area contributed by atoms with Gasteiger partial charge in [-0.05, 0) is 6.42 Å². The van der Waals surface area contributed by atoms with Crippen molar-refractivity contribution in [2.24, 2.45) is 5.73 Å². The van der Waals surface area contributed by atoms with Gasteiger partial charge in [-0.1, -0.05) is 19.1 Å². The highest BCUT2D eigenvalue weighted by Gasteiger charge is 2.10. The number of carbonyl (C=O) groups is 1. The summed E-state index contributed by atoms with van der Waals surface area (Å²) >= 11 is 4.80. The summed E-state index contributed by atoms with van der Waals surface area (Å²) in [6, 6.07) is 0. The van der Waals surface area contributed by atoms with Gasteiger partial charge in [0.25, 0.3) is 5.91 Å². The Morgan fingerprint density at radius 1 is 1.75 bits per heavy atom. The van der Waals surface area contributed by atoms with Crippen molar-refractivity contribution in [3.63, 3.8) is 0 Å². The molecule has 1 amide bonds. The standard InChI is InChI=1S/C9H14N4O2S/c1-2-3-15-5-7(14)12-9-6(8(10)16)4-11-13-9/h4H,2-3,5H2,1H3,(H2,10,16)(H2,11,12,13,14). The van der Waals surface area contributed by atoms with Gasteiger partial charge in [-0.3, -0.25) is 9.89 Å². The smallest absolute Gasteiger partial charge is 0.251 e. The van der Waals surface area contributed by atoms with Crippen LogP contribution in [0.3, 0.4) is 0 Å². The number of thiocarbonyl (C=S) groups is 1. The van der Waals surface area contributed by atoms with Crippen LogP contribution in [-0.4, -0.2) is 34.3 Å². The van der Waals surface area contributed by atoms with Crippen LogP contribution < -0.4 is 11.1 Å². The average Bonchev–Trinajstić information content (AvgIpc) is 2.66. The Hall–Kier alpha value is -1.47. The fourth-order valence-corrected chi connectivity index (χ4v) is 1.21. The van der Waals surface area contributed by atoms with Crippen LogP contribution in [0.1, 0.15) is 18.9 Å². The van der Waals surface area contributed by atoms with E-state index >= 15 is 0 Å². The third-order valence-corrected chi connectivity index (χ3v) is 1.97. The maximum atomic E-state index is 11.4. The van der Waals surface area contributed by atoms with Gasteiger partial charge >= 0.3 is 0 Å². The summed E-state index contributed by atoms with van der Waals surface area (Å²) in [7, 11) is 0. The molecule has 0 bridgehead atoms. The minimum absolute atomic E-state index is 0.00360. The number of H-pyrrole nitrogens is 1. The Labute approximate surface area is 98.5 Å². The van der Waals surface area contributed by atoms with Crippen molar-refractivity contribution in [3.8, 4) is 0 Å². The van der Waals surface area contributed by atoms with Gasteiger partial charge in [0.05, 0.1) is 11.8 Å². The minimum Gasteiger partial charge on any atom is -0.389 e. The molecule has 0 spiro atoms. The van der Waals surface area contributed by atoms with Crippen LogP contribution in [0.15, 0.2) is 6.20 Å². The summed E-state index contributed by atoms with van der Waals surface area (Å²) < 4.78 is 5.08. The van der Waals surface area contributed by atoms with Crippen molar-refractivity contribution in [1.82, 2.24) is 10.2 Å². The number of nitrogens with two attached hydrogens (primary N) is 1. The molecule has 7 heteroatoms. The summed E-state index contributed by atoms with van der Waals surface area (Å²) in [6.07, 6.45) is 2.33. The van der Waals surface area contributed by atoms with Gasteiger partial charge in [0.1, 0.15) is 17.4 Å². The molecule has 0 unspecified atom stereocenters. The van der Waals surface area contributed by atoms with E-state index in [9.17, 15) is 4.79 Å². The molecule has 0 fully saturated rings. The van der Waals surface area contributed by atoms with Crippen LogP contribution in [-0.2, 0) is 9.53 Å². The SMILES string of the molecule is CCCOCC(=O)Nc1[nH]ncc1C(N)=S. The lowest BCUT2D eigenvalue weighted by atomic mass is 10.3. The second kappa shape index (κ2) is 6.19. The second-order valence-corrected chi connectivity index (χ2v) is 3.56. The van der Waals surface area contributed by atoms with Crippen LogP contribution in [0, 0.1) is 0 Å². The molecule has 6 nitrogen and oxygen atoms in total. The lowest BCUT2D eigenvalue weighted by molar-refractivity contribution is -0.120. The molecule has 0 radical (unpaired) electrons. The highest BCUT2D eigenvalue weighted by Crippen LogP contribution is 2.09. The Balaban J connectivity index is 2.49. The number of carbonyl (C=O) groups excluding carboxylic acids is 1. The van der Waals surface area contributed by atoms with E-state index in [1.165, 1.54) is 6.20 Å². The van der Waals surface area contributed by atoms with Gasteiger partial charge in [0.15, 0.2) is 0 Å². The van der Waals surface area contributed by atoms with Crippen LogP contribution in [0.5, 0.6) is 0 Å². The van der Waals surface area contributed by atoms with Gasteiger partial charge in [-0.15, -0.1) is 0 Å². The quantitative estimate of drug-likeness (QED) is 0.496. The van der Waals surface area contributed by atoms with Crippen molar-refractivity contribution in [2.75, 3.05) is 18.5 Å². The van der Waals surface area contributed by atoms with E-state index in [1.807, 2.05) is 6.92 Å². The first kappa shape index (κ1) is 12.6. The molecule has 1 aromatic rings. The normalized spacial score (nSPS) is 10.1. The number of aromatic nitrogens is 2. The van der Waals surface area contributed by atoms with E-state index in [0.717, 1.165) is 6.42 Å². The molecule has 0 aromatic carbocycles. The lowest BCUT2D eigenvalue weighted by Gasteiger charge is -2.05. The molecule has 0 aliphatic carbocycles. The molecule has 4 N–H and O–H groups in total. The van der Waals surface area contributed by atoms with Gasteiger partial charge < -0.3 is 15.8 Å². The van der Waals surface area contributed by atoms with Crippen LogP contribution >= 0.6 is 12.2 Å². The maximum absolute atomic E-state index is 11.4. The number of nitrogens with one attached hydrogen (secondary N) is 2. The molecule has 88 valence electrons. The van der Waals surface area contributed by atoms with Crippen molar-refractivity contribution in [1.29, 1.82) is 0 Å². The van der Waals surface area contributed by atoms with E-state index in [4.69, 9.17) is 22.7 Å². The molecule has 16 heavy (non-hydrogen) atoms. The van der Waals surface area contributed by atoms with E-state index in [1.54, 1.807) is 0 Å². The van der Waals surface area contributed by atoms with Gasteiger partial charge in [0, 0.05) is 6.61 Å². The molecule has 0 atom stereocenters. The first-order valence-electron chi connectivity index (χ1n) is 4.86. The number of ether oxygens (including phenoxy) is 1. The zero-order valence-electron chi connectivity index (χ0n) is 8.95. The molecule has 0 aliphatic rings. The zero-order valence-corrected chi connectivity index (χ0v) is 9.76. The number of amides is 1. The second-order valence-electron chi connectivity index (χ2n) is 3.12. The number of rotatable bonds is 6. The summed E-state index contributed by atoms with van der Waals surface area (Å²) in [4.78, 5) is 11.6. The van der Waals surface area contributed by atoms with Crippen molar-refractivity contribution >= 4 is 28.9 Å². The third kappa shape index (κ3) is 3.59. The summed E-state index contributed by atoms with van der Waals surface area (Å²) in [6.45, 7) is 2.53. The summed E-state index contributed by atoms with van der Waals surface area (Å²) in [5.74, 6) is 0.132. The Morgan fingerprint density at radius 3 is 3.12 bits per heavy atom. The van der Waals surface area contributed by atoms with Crippen molar-refractivity contribution in [3.05, 3.63) is 11.8 Å². The summed E-state index contributed by atoms with van der Waals surface area (Å²) in [5, 5.41) is 8.93. The molecule has 0 aliphatic heterocycles. The molecule has 0 saturated heterocycles. The zero-order chi connectivity index (χ0) is 12.0. The lowest BCUT2D eigenvalue weighted by Crippen LogP contribution is -2.21. The molecule has 1 rings (SSSR count). The van der Waals surface area contributed by atoms with Gasteiger partial charge in [-0.25, -0.2) is 0 Å². The van der Waals surface area contributed by atoms with Crippen LogP contribution in [0.2, 0.25) is 0 Å². The average molecular weight is 242 g/mol. The number of hydrogen-bond donors (Lipinski definition) is 3. The van der Waals surface area contributed by atoms with E-state index in [-0.39, 0.29) is 17.5 Å². The van der Waals surface area contributed by atoms with Crippen molar-refractivity contribution in [2.45, 2.75) is 13.3 Å². The molecule has 0 saturated carbocycles. The predicted octanol–water partition coefficient (Wildman–Crippen LogP) is 0.409. The molecule has 1 aromatic heterocycles. The predicted molar refractivity (Wildman–Crippen MR) is 64.2 cm³/mol. The molecule has 1 heterocycles. The van der Waals surface area contributed by atoms with Crippen LogP contribution in [0.4, 0.5) is 5.82 Å². The number of nitrogens with zero attached hydrogens (tertiary/aromatic N) is 1. The monoisotopic (exact) mass is 242 g/mol. The van der Waals surface area contributed by atoms with E-state index < -0.39 is 0 Å².